The number of aryl methyl sites for hydroxylation is 1. The van der Waals surface area contributed by atoms with Crippen LogP contribution in [0.4, 0.5) is 17.2 Å². The zero-order valence-electron chi connectivity index (χ0n) is 13.8. The van der Waals surface area contributed by atoms with E-state index in [0.717, 1.165) is 34.9 Å². The lowest BCUT2D eigenvalue weighted by Crippen LogP contribution is -2.29. The Morgan fingerprint density at radius 1 is 1.08 bits per heavy atom. The van der Waals surface area contributed by atoms with Crippen LogP contribution in [0.25, 0.3) is 11.0 Å². The van der Waals surface area contributed by atoms with Crippen LogP contribution in [0.2, 0.25) is 10.3 Å². The number of piperidine rings is 1. The van der Waals surface area contributed by atoms with Gasteiger partial charge < -0.3 is 10.2 Å². The molecule has 6 nitrogen and oxygen atoms in total. The van der Waals surface area contributed by atoms with Crippen molar-refractivity contribution in [2.24, 2.45) is 7.05 Å². The highest BCUT2D eigenvalue weighted by Gasteiger charge is 2.15. The summed E-state index contributed by atoms with van der Waals surface area (Å²) in [6, 6.07) is 5.98. The molecule has 0 bridgehead atoms. The Labute approximate surface area is 155 Å². The molecule has 8 heteroatoms. The number of hydrogen-bond donors (Lipinski definition) is 1. The lowest BCUT2D eigenvalue weighted by atomic mass is 10.1. The summed E-state index contributed by atoms with van der Waals surface area (Å²) in [6.07, 6.45) is 5.45. The third kappa shape index (κ3) is 3.24. The van der Waals surface area contributed by atoms with E-state index in [1.807, 2.05) is 19.2 Å². The minimum atomic E-state index is 0.176. The molecule has 0 amide bonds. The van der Waals surface area contributed by atoms with Crippen molar-refractivity contribution in [2.45, 2.75) is 19.3 Å². The Morgan fingerprint density at radius 2 is 1.88 bits per heavy atom. The summed E-state index contributed by atoms with van der Waals surface area (Å²) >= 11 is 12.6. The molecule has 1 aromatic carbocycles. The van der Waals surface area contributed by atoms with Crippen molar-refractivity contribution >= 4 is 51.4 Å². The van der Waals surface area contributed by atoms with E-state index in [9.17, 15) is 0 Å². The van der Waals surface area contributed by atoms with Gasteiger partial charge in [-0.15, -0.1) is 0 Å². The predicted molar refractivity (Wildman–Crippen MR) is 102 cm³/mol. The van der Waals surface area contributed by atoms with E-state index in [1.54, 1.807) is 10.9 Å². The van der Waals surface area contributed by atoms with E-state index in [0.29, 0.717) is 11.5 Å². The first kappa shape index (κ1) is 16.4. The number of fused-ring (bicyclic) bond motifs is 1. The maximum atomic E-state index is 6.53. The van der Waals surface area contributed by atoms with Gasteiger partial charge in [-0.05, 0) is 49.1 Å². The molecular weight excluding hydrogens is 359 g/mol. The van der Waals surface area contributed by atoms with Gasteiger partial charge in [0.05, 0.1) is 22.3 Å². The topological polar surface area (TPSA) is 58.9 Å². The molecule has 1 fully saturated rings. The van der Waals surface area contributed by atoms with Crippen LogP contribution >= 0.6 is 23.2 Å². The van der Waals surface area contributed by atoms with E-state index in [4.69, 9.17) is 23.2 Å². The second kappa shape index (κ2) is 6.69. The van der Waals surface area contributed by atoms with Crippen LogP contribution in [-0.4, -0.2) is 32.8 Å². The van der Waals surface area contributed by atoms with Crippen LogP contribution < -0.4 is 10.2 Å². The van der Waals surface area contributed by atoms with Crippen molar-refractivity contribution in [1.82, 2.24) is 19.7 Å². The third-order valence-corrected chi connectivity index (χ3v) is 4.94. The Hall–Kier alpha value is -2.05. The van der Waals surface area contributed by atoms with E-state index in [1.165, 1.54) is 19.3 Å². The maximum absolute atomic E-state index is 6.53. The number of hydrogen-bond acceptors (Lipinski definition) is 5. The van der Waals surface area contributed by atoms with Crippen LogP contribution in [0.1, 0.15) is 19.3 Å². The molecule has 3 aromatic rings. The first-order valence-electron chi connectivity index (χ1n) is 8.28. The molecule has 1 N–H and O–H groups in total. The van der Waals surface area contributed by atoms with E-state index in [-0.39, 0.29) is 5.28 Å². The fourth-order valence-corrected chi connectivity index (χ4v) is 3.67. The van der Waals surface area contributed by atoms with Gasteiger partial charge in [-0.2, -0.15) is 15.1 Å². The second-order valence-electron chi connectivity index (χ2n) is 6.19. The highest BCUT2D eigenvalue weighted by atomic mass is 35.5. The van der Waals surface area contributed by atoms with Gasteiger partial charge >= 0.3 is 0 Å². The predicted octanol–water partition coefficient (Wildman–Crippen LogP) is 4.40. The minimum absolute atomic E-state index is 0.176. The molecule has 1 aliphatic heterocycles. The van der Waals surface area contributed by atoms with Gasteiger partial charge in [0, 0.05) is 25.8 Å². The molecule has 0 unspecified atom stereocenters. The monoisotopic (exact) mass is 376 g/mol. The molecule has 130 valence electrons. The number of nitrogens with zero attached hydrogens (tertiary/aromatic N) is 5. The van der Waals surface area contributed by atoms with Crippen molar-refractivity contribution in [2.75, 3.05) is 23.3 Å². The summed E-state index contributed by atoms with van der Waals surface area (Å²) in [5.41, 5.74) is 2.61. The molecule has 1 aliphatic rings. The summed E-state index contributed by atoms with van der Waals surface area (Å²) in [6.45, 7) is 2.12. The molecule has 0 radical (unpaired) electrons. The molecule has 0 aliphatic carbocycles. The number of nitrogens with one attached hydrogen (secondary N) is 1. The second-order valence-corrected chi connectivity index (χ2v) is 6.93. The van der Waals surface area contributed by atoms with Crippen molar-refractivity contribution in [3.05, 3.63) is 34.7 Å². The molecular formula is C17H18Cl2N6. The highest BCUT2D eigenvalue weighted by molar-refractivity contribution is 6.33. The van der Waals surface area contributed by atoms with Crippen LogP contribution in [0.5, 0.6) is 0 Å². The largest absolute Gasteiger partial charge is 0.370 e. The van der Waals surface area contributed by atoms with Gasteiger partial charge in [-0.1, -0.05) is 11.6 Å². The zero-order chi connectivity index (χ0) is 17.4. The molecule has 4 rings (SSSR count). The highest BCUT2D eigenvalue weighted by Crippen LogP contribution is 2.32. The van der Waals surface area contributed by atoms with Crippen molar-refractivity contribution in [1.29, 1.82) is 0 Å². The summed E-state index contributed by atoms with van der Waals surface area (Å²) in [5.74, 6) is 0.616. The minimum Gasteiger partial charge on any atom is -0.370 e. The van der Waals surface area contributed by atoms with Gasteiger partial charge in [0.25, 0.3) is 0 Å². The van der Waals surface area contributed by atoms with Gasteiger partial charge in [-0.25, -0.2) is 0 Å². The fraction of sp³-hybridized carbons (Fsp3) is 0.353. The van der Waals surface area contributed by atoms with Crippen LogP contribution in [0.3, 0.4) is 0 Å². The Morgan fingerprint density at radius 3 is 2.64 bits per heavy atom. The van der Waals surface area contributed by atoms with Gasteiger partial charge in [0.15, 0.2) is 5.65 Å². The molecule has 0 spiro atoms. The lowest BCUT2D eigenvalue weighted by Gasteiger charge is -2.29. The molecule has 2 aromatic heterocycles. The van der Waals surface area contributed by atoms with Crippen LogP contribution in [0, 0.1) is 0 Å². The normalized spacial score (nSPS) is 14.9. The third-order valence-electron chi connectivity index (χ3n) is 4.47. The summed E-state index contributed by atoms with van der Waals surface area (Å²) in [4.78, 5) is 10.8. The Balaban J connectivity index is 1.64. The van der Waals surface area contributed by atoms with E-state index < -0.39 is 0 Å². The fourth-order valence-electron chi connectivity index (χ4n) is 3.20. The molecule has 0 saturated carbocycles. The van der Waals surface area contributed by atoms with Crippen LogP contribution in [0.15, 0.2) is 24.4 Å². The van der Waals surface area contributed by atoms with E-state index in [2.05, 4.69) is 31.3 Å². The Kier molecular flexibility index (Phi) is 4.39. The molecule has 0 atom stereocenters. The zero-order valence-corrected chi connectivity index (χ0v) is 15.3. The van der Waals surface area contributed by atoms with Crippen molar-refractivity contribution < 1.29 is 0 Å². The van der Waals surface area contributed by atoms with Crippen LogP contribution in [-0.2, 0) is 7.05 Å². The molecule has 3 heterocycles. The smallest absolute Gasteiger partial charge is 0.226 e. The average molecular weight is 377 g/mol. The standard InChI is InChI=1S/C17H18Cl2N6/c1-24-16-12(10-20-24)15(22-17(19)23-16)21-11-5-6-14(13(18)9-11)25-7-3-2-4-8-25/h5-6,9-10H,2-4,7-8H2,1H3,(H,21,22,23). The average Bonchev–Trinajstić information content (AvgIpc) is 2.97. The van der Waals surface area contributed by atoms with Gasteiger partial charge in [-0.3, -0.25) is 4.68 Å². The number of benzene rings is 1. The quantitative estimate of drug-likeness (QED) is 0.686. The summed E-state index contributed by atoms with van der Waals surface area (Å²) < 4.78 is 1.67. The maximum Gasteiger partial charge on any atom is 0.226 e. The number of rotatable bonds is 3. The summed E-state index contributed by atoms with van der Waals surface area (Å²) in [7, 11) is 1.82. The van der Waals surface area contributed by atoms with E-state index >= 15 is 0 Å². The number of aromatic nitrogens is 4. The lowest BCUT2D eigenvalue weighted by molar-refractivity contribution is 0.578. The first-order valence-corrected chi connectivity index (χ1v) is 9.04. The Bertz CT molecular complexity index is 917. The van der Waals surface area contributed by atoms with Crippen molar-refractivity contribution in [3.63, 3.8) is 0 Å². The van der Waals surface area contributed by atoms with Crippen molar-refractivity contribution in [3.8, 4) is 0 Å². The number of halogens is 2. The van der Waals surface area contributed by atoms with Gasteiger partial charge in [0.2, 0.25) is 5.28 Å². The molecule has 25 heavy (non-hydrogen) atoms. The summed E-state index contributed by atoms with van der Waals surface area (Å²) in [5, 5.41) is 9.21. The first-order chi connectivity index (χ1) is 12.1. The molecule has 1 saturated heterocycles. The van der Waals surface area contributed by atoms with Gasteiger partial charge in [0.1, 0.15) is 5.82 Å². The number of anilines is 3. The SMILES string of the molecule is Cn1ncc2c(Nc3ccc(N4CCCCC4)c(Cl)c3)nc(Cl)nc21.